The van der Waals surface area contributed by atoms with Gasteiger partial charge in [0.15, 0.2) is 0 Å². The van der Waals surface area contributed by atoms with Gasteiger partial charge in [0.05, 0.1) is 0 Å². The van der Waals surface area contributed by atoms with Crippen molar-refractivity contribution in [3.05, 3.63) is 107 Å². The van der Waals surface area contributed by atoms with Crippen LogP contribution in [0.25, 0.3) is 22.3 Å². The van der Waals surface area contributed by atoms with E-state index in [1.807, 2.05) is 0 Å². The maximum atomic E-state index is 2.22. The number of hydrogen-bond acceptors (Lipinski definition) is 0. The van der Waals surface area contributed by atoms with E-state index < -0.39 is 0 Å². The second-order valence-electron chi connectivity index (χ2n) is 7.09. The summed E-state index contributed by atoms with van der Waals surface area (Å²) in [6.07, 6.45) is 0. The van der Waals surface area contributed by atoms with Crippen molar-refractivity contribution >= 4 is 0 Å². The van der Waals surface area contributed by atoms with Crippen molar-refractivity contribution in [2.75, 3.05) is 0 Å². The minimum atomic E-state index is 0. The maximum Gasteiger partial charge on any atom is 4.00 e. The zero-order chi connectivity index (χ0) is 18.5. The molecule has 0 aliphatic heterocycles. The van der Waals surface area contributed by atoms with Gasteiger partial charge in [-0.05, 0) is 13.8 Å². The predicted octanol–water partition coefficient (Wildman–Crippen LogP) is 1.38. The van der Waals surface area contributed by atoms with E-state index in [0.717, 1.165) is 0 Å². The van der Waals surface area contributed by atoms with Crippen molar-refractivity contribution in [3.8, 4) is 22.3 Å². The van der Waals surface area contributed by atoms with Crippen molar-refractivity contribution in [1.82, 2.24) is 0 Å². The third kappa shape index (κ3) is 8.09. The topological polar surface area (TPSA) is 0 Å². The number of rotatable bonds is 2. The normalized spacial score (nSPS) is 9.24. The molecule has 0 bridgehead atoms. The van der Waals surface area contributed by atoms with Crippen LogP contribution in [0.15, 0.2) is 84.9 Å². The summed E-state index contributed by atoms with van der Waals surface area (Å²) in [6, 6.07) is 30.3. The van der Waals surface area contributed by atoms with Crippen molar-refractivity contribution in [2.24, 2.45) is 0 Å². The van der Waals surface area contributed by atoms with Gasteiger partial charge in [0, 0.05) is 0 Å². The molecule has 0 aliphatic rings. The third-order valence-electron chi connectivity index (χ3n) is 4.52. The molecule has 0 heterocycles. The summed E-state index contributed by atoms with van der Waals surface area (Å²) in [6.45, 7) is 8.50. The van der Waals surface area contributed by atoms with Crippen LogP contribution < -0.4 is 24.8 Å². The monoisotopic (exact) mass is 498 g/mol. The first-order valence-corrected chi connectivity index (χ1v) is 9.12. The first-order chi connectivity index (χ1) is 12.5. The van der Waals surface area contributed by atoms with E-state index in [2.05, 4.69) is 113 Å². The summed E-state index contributed by atoms with van der Waals surface area (Å²) < 4.78 is 0. The predicted molar refractivity (Wildman–Crippen MR) is 114 cm³/mol. The molecule has 0 radical (unpaired) electrons. The molecule has 0 spiro atoms. The molecule has 0 aliphatic carbocycles. The van der Waals surface area contributed by atoms with Gasteiger partial charge in [0.25, 0.3) is 0 Å². The smallest absolute Gasteiger partial charge is 1.00 e. The van der Waals surface area contributed by atoms with Crippen molar-refractivity contribution in [3.63, 3.8) is 0 Å². The van der Waals surface area contributed by atoms with Gasteiger partial charge < -0.3 is 24.8 Å². The largest absolute Gasteiger partial charge is 4.00 e. The van der Waals surface area contributed by atoms with Crippen molar-refractivity contribution < 1.29 is 51.0 Å². The molecule has 0 aromatic heterocycles. The molecule has 0 fully saturated rings. The van der Waals surface area contributed by atoms with Gasteiger partial charge in [-0.25, -0.2) is 0 Å². The quantitative estimate of drug-likeness (QED) is 0.365. The van der Waals surface area contributed by atoms with Crippen molar-refractivity contribution in [1.29, 1.82) is 0 Å². The Hall–Kier alpha value is -1.40. The molecule has 0 unspecified atom stereocenters. The number of benzene rings is 2. The molecular weight excluding hydrogens is 474 g/mol. The van der Waals surface area contributed by atoms with E-state index in [1.165, 1.54) is 44.5 Å². The van der Waals surface area contributed by atoms with Gasteiger partial charge in [-0.15, -0.1) is 82.9 Å². The van der Waals surface area contributed by atoms with Crippen LogP contribution in [-0.4, -0.2) is 0 Å². The Balaban J connectivity index is 0.000000490. The Morgan fingerprint density at radius 2 is 0.897 bits per heavy atom. The van der Waals surface area contributed by atoms with E-state index in [4.69, 9.17) is 0 Å². The second kappa shape index (κ2) is 13.0. The zero-order valence-corrected chi connectivity index (χ0v) is 21.3. The Kier molecular flexibility index (Phi) is 12.4. The first-order valence-electron chi connectivity index (χ1n) is 9.12. The average molecular weight is 501 g/mol. The maximum absolute atomic E-state index is 2.22. The van der Waals surface area contributed by atoms with Gasteiger partial charge in [-0.2, -0.15) is 0 Å². The summed E-state index contributed by atoms with van der Waals surface area (Å²) in [5, 5.41) is 0. The van der Waals surface area contributed by atoms with Crippen LogP contribution in [0.4, 0.5) is 0 Å². The van der Waals surface area contributed by atoms with Gasteiger partial charge in [-0.1, -0.05) is 60.4 Å². The molecule has 0 saturated heterocycles. The van der Waals surface area contributed by atoms with Crippen LogP contribution >= 0.6 is 0 Å². The van der Waals surface area contributed by atoms with Crippen LogP contribution in [0.3, 0.4) is 0 Å². The molecule has 0 nitrogen and oxygen atoms in total. The minimum Gasteiger partial charge on any atom is -1.00 e. The number of halogens is 2. The SMILES string of the molecule is Cc1cccc(-[c-]2ccc(C)c2)c1.Cc1cccc(-[c-]2ccc(C)c2)c1.[Cl-].[Cl-].[Zr+4]. The Bertz CT molecular complexity index is 913. The summed E-state index contributed by atoms with van der Waals surface area (Å²) in [5.41, 5.74) is 10.6. The van der Waals surface area contributed by atoms with E-state index >= 15 is 0 Å². The molecule has 0 amide bonds. The summed E-state index contributed by atoms with van der Waals surface area (Å²) >= 11 is 0. The van der Waals surface area contributed by atoms with Crippen LogP contribution in [0.2, 0.25) is 0 Å². The molecule has 0 atom stereocenters. The molecule has 29 heavy (non-hydrogen) atoms. The van der Waals surface area contributed by atoms with Crippen LogP contribution in [0, 0.1) is 27.7 Å². The summed E-state index contributed by atoms with van der Waals surface area (Å²) in [5.74, 6) is 0. The fraction of sp³-hybridized carbons (Fsp3) is 0.154. The number of aryl methyl sites for hydroxylation is 4. The van der Waals surface area contributed by atoms with Gasteiger partial charge in [-0.3, -0.25) is 0 Å². The van der Waals surface area contributed by atoms with E-state index in [9.17, 15) is 0 Å². The summed E-state index contributed by atoms with van der Waals surface area (Å²) in [7, 11) is 0. The van der Waals surface area contributed by atoms with Crippen LogP contribution in [0.5, 0.6) is 0 Å². The Labute approximate surface area is 207 Å². The Morgan fingerprint density at radius 3 is 1.17 bits per heavy atom. The van der Waals surface area contributed by atoms with E-state index in [1.54, 1.807) is 0 Å². The van der Waals surface area contributed by atoms with Crippen molar-refractivity contribution in [2.45, 2.75) is 27.7 Å². The molecular formula is C26H26Cl2Zr. The Morgan fingerprint density at radius 1 is 0.517 bits per heavy atom. The minimum absolute atomic E-state index is 0. The second-order valence-corrected chi connectivity index (χ2v) is 7.09. The molecule has 3 heteroatoms. The zero-order valence-electron chi connectivity index (χ0n) is 17.3. The van der Waals surface area contributed by atoms with E-state index in [-0.39, 0.29) is 51.0 Å². The molecule has 4 aromatic rings. The first kappa shape index (κ1) is 27.6. The van der Waals surface area contributed by atoms with Gasteiger partial charge in [0.2, 0.25) is 0 Å². The fourth-order valence-corrected chi connectivity index (χ4v) is 3.13. The fourth-order valence-electron chi connectivity index (χ4n) is 3.13. The van der Waals surface area contributed by atoms with Crippen LogP contribution in [0.1, 0.15) is 22.3 Å². The molecule has 4 aromatic carbocycles. The standard InChI is InChI=1S/2C13H13.2ClH.Zr/c2*1-10-4-3-5-12(8-10)13-7-6-11(2)9-13;;;/h2*3-9H,1-2H3;2*1H;/q2*-1;;;+4/p-2. The van der Waals surface area contributed by atoms with E-state index in [0.29, 0.717) is 0 Å². The van der Waals surface area contributed by atoms with Gasteiger partial charge in [0.1, 0.15) is 0 Å². The molecule has 4 rings (SSSR count). The molecule has 148 valence electrons. The van der Waals surface area contributed by atoms with Crippen LogP contribution in [-0.2, 0) is 26.2 Å². The number of hydrogen-bond donors (Lipinski definition) is 0. The van der Waals surface area contributed by atoms with Gasteiger partial charge >= 0.3 is 26.2 Å². The molecule has 0 N–H and O–H groups in total. The molecule has 0 saturated carbocycles. The average Bonchev–Trinajstić information content (AvgIpc) is 3.24. The third-order valence-corrected chi connectivity index (χ3v) is 4.52. The summed E-state index contributed by atoms with van der Waals surface area (Å²) in [4.78, 5) is 0.